The van der Waals surface area contributed by atoms with Gasteiger partial charge in [-0.2, -0.15) is 0 Å². The number of hydrogen-bond donors (Lipinski definition) is 1. The van der Waals surface area contributed by atoms with Crippen molar-refractivity contribution in [2.24, 2.45) is 0 Å². The Morgan fingerprint density at radius 2 is 1.89 bits per heavy atom. The van der Waals surface area contributed by atoms with Gasteiger partial charge in [0.15, 0.2) is 16.8 Å². The lowest BCUT2D eigenvalue weighted by Gasteiger charge is -2.17. The van der Waals surface area contributed by atoms with Gasteiger partial charge in [0, 0.05) is 34.2 Å². The van der Waals surface area contributed by atoms with Crippen molar-refractivity contribution in [2.75, 3.05) is 11.8 Å². The van der Waals surface area contributed by atoms with Crippen molar-refractivity contribution in [1.29, 1.82) is 0 Å². The third-order valence-electron chi connectivity index (χ3n) is 5.40. The van der Waals surface area contributed by atoms with Crippen LogP contribution in [0.5, 0.6) is 5.75 Å². The molecule has 1 N–H and O–H groups in total. The predicted octanol–water partition coefficient (Wildman–Crippen LogP) is 6.23. The molecule has 182 valence electrons. The van der Waals surface area contributed by atoms with Crippen molar-refractivity contribution < 1.29 is 17.9 Å². The van der Waals surface area contributed by atoms with Crippen LogP contribution in [0.3, 0.4) is 0 Å². The van der Waals surface area contributed by atoms with Gasteiger partial charge >= 0.3 is 0 Å². The monoisotopic (exact) mass is 543 g/mol. The number of anilines is 1. The minimum absolute atomic E-state index is 0.209. The van der Waals surface area contributed by atoms with Gasteiger partial charge in [-0.25, -0.2) is 8.60 Å². The van der Waals surface area contributed by atoms with E-state index in [2.05, 4.69) is 9.88 Å². The van der Waals surface area contributed by atoms with E-state index >= 15 is 0 Å². The van der Waals surface area contributed by atoms with E-state index in [1.165, 1.54) is 36.1 Å². The molecule has 0 aliphatic heterocycles. The molecule has 0 aliphatic carbocycles. The van der Waals surface area contributed by atoms with Crippen molar-refractivity contribution in [3.63, 3.8) is 0 Å². The van der Waals surface area contributed by atoms with E-state index in [9.17, 15) is 13.4 Å². The van der Waals surface area contributed by atoms with Crippen LogP contribution in [0, 0.1) is 5.82 Å². The Morgan fingerprint density at radius 1 is 1.06 bits per heavy atom. The minimum atomic E-state index is -1.62. The van der Waals surface area contributed by atoms with Crippen molar-refractivity contribution in [3.8, 4) is 22.6 Å². The van der Waals surface area contributed by atoms with Crippen molar-refractivity contribution >= 4 is 50.9 Å². The fraction of sp³-hybridized carbons (Fsp3) is 0.0400. The van der Waals surface area contributed by atoms with E-state index in [0.29, 0.717) is 49.2 Å². The summed E-state index contributed by atoms with van der Waals surface area (Å²) < 4.78 is 41.3. The zero-order valence-corrected chi connectivity index (χ0v) is 20.8. The first-order valence-electron chi connectivity index (χ1n) is 10.4. The van der Waals surface area contributed by atoms with Gasteiger partial charge in [0.25, 0.3) is 5.56 Å². The molecule has 5 aromatic rings. The second-order valence-corrected chi connectivity index (χ2v) is 9.70. The molecule has 36 heavy (non-hydrogen) atoms. The average molecular weight is 544 g/mol. The summed E-state index contributed by atoms with van der Waals surface area (Å²) in [5.41, 5.74) is 1.50. The summed E-state index contributed by atoms with van der Waals surface area (Å²) in [4.78, 5) is 13.5. The van der Waals surface area contributed by atoms with Crippen LogP contribution < -0.4 is 15.0 Å². The van der Waals surface area contributed by atoms with Gasteiger partial charge in [-0.1, -0.05) is 28.4 Å². The maximum absolute atomic E-state index is 14.1. The molecule has 5 rings (SSSR count). The van der Waals surface area contributed by atoms with E-state index in [4.69, 9.17) is 32.5 Å². The Bertz CT molecular complexity index is 1670. The zero-order chi connectivity index (χ0) is 25.4. The highest BCUT2D eigenvalue weighted by Gasteiger charge is 2.17. The average Bonchev–Trinajstić information content (AvgIpc) is 3.36. The molecule has 0 saturated heterocycles. The normalized spacial score (nSPS) is 12.0. The van der Waals surface area contributed by atoms with E-state index in [1.54, 1.807) is 48.5 Å². The molecule has 0 radical (unpaired) electrons. The zero-order valence-electron chi connectivity index (χ0n) is 18.5. The maximum atomic E-state index is 14.1. The number of rotatable bonds is 6. The summed E-state index contributed by atoms with van der Waals surface area (Å²) in [5.74, 6) is 0.142. The van der Waals surface area contributed by atoms with Gasteiger partial charge in [0.1, 0.15) is 17.8 Å². The van der Waals surface area contributed by atoms with Crippen molar-refractivity contribution in [3.05, 3.63) is 99.2 Å². The van der Waals surface area contributed by atoms with Crippen LogP contribution in [-0.2, 0) is 11.0 Å². The van der Waals surface area contributed by atoms with E-state index in [-0.39, 0.29) is 10.6 Å². The van der Waals surface area contributed by atoms with Gasteiger partial charge in [-0.05, 0) is 54.1 Å². The topological polar surface area (TPSA) is 86.4 Å². The van der Waals surface area contributed by atoms with Crippen LogP contribution in [0.1, 0.15) is 0 Å². The number of methoxy groups -OCH3 is 1. The van der Waals surface area contributed by atoms with Crippen molar-refractivity contribution in [1.82, 2.24) is 9.72 Å². The Labute approximate surface area is 216 Å². The lowest BCUT2D eigenvalue weighted by molar-refractivity contribution is 0.413. The molecule has 1 atom stereocenters. The molecule has 7 nitrogen and oxygen atoms in total. The number of benzene rings is 3. The Morgan fingerprint density at radius 3 is 2.61 bits per heavy atom. The highest BCUT2D eigenvalue weighted by molar-refractivity contribution is 7.86. The molecule has 0 amide bonds. The van der Waals surface area contributed by atoms with Crippen LogP contribution in [-0.4, -0.2) is 21.0 Å². The summed E-state index contributed by atoms with van der Waals surface area (Å²) in [6.45, 7) is 0. The van der Waals surface area contributed by atoms with Gasteiger partial charge in [-0.15, -0.1) is 0 Å². The van der Waals surface area contributed by atoms with Gasteiger partial charge in [-0.3, -0.25) is 14.1 Å². The second kappa shape index (κ2) is 9.77. The molecule has 0 aliphatic rings. The SMILES string of the molecule is COc1cc(Cl)c(-c2cc(F)cc(Cl)c2)cc1-n1c(=O)ccc2cc(S(=O)Nc3ccon3)ccc21. The van der Waals surface area contributed by atoms with Crippen molar-refractivity contribution in [2.45, 2.75) is 4.90 Å². The first kappa shape index (κ1) is 24.1. The molecular weight excluding hydrogens is 528 g/mol. The number of nitrogens with zero attached hydrogens (tertiary/aromatic N) is 2. The summed E-state index contributed by atoms with van der Waals surface area (Å²) in [6.07, 6.45) is 1.37. The van der Waals surface area contributed by atoms with Crippen LogP contribution in [0.2, 0.25) is 10.0 Å². The maximum Gasteiger partial charge on any atom is 0.255 e. The fourth-order valence-corrected chi connectivity index (χ4v) is 5.14. The Kier molecular flexibility index (Phi) is 6.53. The minimum Gasteiger partial charge on any atom is -0.495 e. The number of pyridine rings is 1. The van der Waals surface area contributed by atoms with Crippen LogP contribution in [0.25, 0.3) is 27.7 Å². The molecule has 1 unspecified atom stereocenters. The Balaban J connectivity index is 1.67. The fourth-order valence-electron chi connectivity index (χ4n) is 3.82. The van der Waals surface area contributed by atoms with E-state index in [0.717, 1.165) is 0 Å². The quantitative estimate of drug-likeness (QED) is 0.274. The van der Waals surface area contributed by atoms with E-state index < -0.39 is 16.8 Å². The van der Waals surface area contributed by atoms with Gasteiger partial charge < -0.3 is 9.26 Å². The first-order chi connectivity index (χ1) is 17.3. The summed E-state index contributed by atoms with van der Waals surface area (Å²) >= 11 is 12.5. The number of hydrogen-bond acceptors (Lipinski definition) is 5. The van der Waals surface area contributed by atoms with Crippen LogP contribution in [0.4, 0.5) is 10.2 Å². The van der Waals surface area contributed by atoms with Crippen LogP contribution in [0.15, 0.2) is 87.2 Å². The molecule has 2 heterocycles. The first-order valence-corrected chi connectivity index (χ1v) is 12.3. The molecular formula is C25H16Cl2FN3O4S. The summed E-state index contributed by atoms with van der Waals surface area (Å²) in [7, 11) is -0.158. The van der Waals surface area contributed by atoms with Gasteiger partial charge in [0.2, 0.25) is 0 Å². The van der Waals surface area contributed by atoms with Gasteiger partial charge in [0.05, 0.1) is 28.2 Å². The number of nitrogens with one attached hydrogen (secondary N) is 1. The molecule has 0 saturated carbocycles. The second-order valence-electron chi connectivity index (χ2n) is 7.65. The molecule has 0 spiro atoms. The molecule has 2 aromatic heterocycles. The highest BCUT2D eigenvalue weighted by atomic mass is 35.5. The molecule has 11 heteroatoms. The number of ether oxygens (including phenoxy) is 1. The lowest BCUT2D eigenvalue weighted by Crippen LogP contribution is -2.18. The third kappa shape index (κ3) is 4.60. The lowest BCUT2D eigenvalue weighted by atomic mass is 10.0. The standard InChI is InChI=1S/C25H16Cl2FN3O4S/c1-34-23-13-20(27)19(15-8-16(26)11-17(28)9-15)12-22(23)31-21-4-3-18(10-14(21)2-5-25(31)32)36(33)30-24-6-7-35-29-24/h2-13H,1H3,(H,29,30). The third-order valence-corrected chi connectivity index (χ3v) is 7.01. The molecule has 0 bridgehead atoms. The van der Waals surface area contributed by atoms with Crippen LogP contribution >= 0.6 is 23.2 Å². The van der Waals surface area contributed by atoms with E-state index in [1.807, 2.05) is 0 Å². The largest absolute Gasteiger partial charge is 0.495 e. The number of aromatic nitrogens is 2. The highest BCUT2D eigenvalue weighted by Crippen LogP contribution is 2.37. The number of fused-ring (bicyclic) bond motifs is 1. The number of halogens is 3. The summed E-state index contributed by atoms with van der Waals surface area (Å²) in [6, 6.07) is 16.9. The predicted molar refractivity (Wildman–Crippen MR) is 138 cm³/mol. The Hall–Kier alpha value is -3.66. The smallest absolute Gasteiger partial charge is 0.255 e. The summed E-state index contributed by atoms with van der Waals surface area (Å²) in [5, 5.41) is 4.85. The molecule has 0 fully saturated rings. The molecule has 3 aromatic carbocycles.